The largest absolute Gasteiger partial charge is 0.465 e. The van der Waals surface area contributed by atoms with Crippen LogP contribution in [0.1, 0.15) is 20.8 Å². The Bertz CT molecular complexity index is 1080. The normalized spacial score (nSPS) is 10.7. The van der Waals surface area contributed by atoms with Crippen molar-refractivity contribution in [3.05, 3.63) is 61.0 Å². The molecule has 11 heteroatoms. The van der Waals surface area contributed by atoms with Crippen molar-refractivity contribution in [1.82, 2.24) is 9.78 Å². The quantitative estimate of drug-likeness (QED) is 0.311. The number of carbonyl (C=O) groups is 1. The number of esters is 1. The number of nitrogens with zero attached hydrogens (tertiary/aromatic N) is 2. The van der Waals surface area contributed by atoms with Crippen molar-refractivity contribution >= 4 is 84.6 Å². The molecule has 3 rings (SSSR count). The first kappa shape index (κ1) is 22.0. The predicted octanol–water partition coefficient (Wildman–Crippen LogP) is 5.97. The van der Waals surface area contributed by atoms with E-state index in [0.717, 1.165) is 14.9 Å². The van der Waals surface area contributed by atoms with Crippen LogP contribution in [0.25, 0.3) is 0 Å². The van der Waals surface area contributed by atoms with E-state index < -0.39 is 5.97 Å². The van der Waals surface area contributed by atoms with Gasteiger partial charge in [-0.05, 0) is 58.8 Å². The van der Waals surface area contributed by atoms with Gasteiger partial charge >= 0.3 is 5.97 Å². The summed E-state index contributed by atoms with van der Waals surface area (Å²) in [7, 11) is 1.34. The van der Waals surface area contributed by atoms with Crippen molar-refractivity contribution in [1.29, 1.82) is 0 Å². The molecule has 2 heterocycles. The average molecular weight is 534 g/mol. The maximum Gasteiger partial charge on any atom is 0.340 e. The molecule has 0 saturated heterocycles. The number of ether oxygens (including phenoxy) is 1. The number of rotatable bonds is 5. The number of thiophene rings is 1. The Morgan fingerprint density at radius 2 is 2.10 bits per heavy atom. The molecule has 0 bridgehead atoms. The fourth-order valence-corrected chi connectivity index (χ4v) is 4.55. The van der Waals surface area contributed by atoms with Crippen LogP contribution in [0.3, 0.4) is 0 Å². The van der Waals surface area contributed by atoms with E-state index in [1.54, 1.807) is 22.9 Å². The minimum Gasteiger partial charge on any atom is -0.465 e. The maximum absolute atomic E-state index is 11.9. The molecule has 0 aliphatic heterocycles. The lowest BCUT2D eigenvalue weighted by atomic mass is 10.2. The van der Waals surface area contributed by atoms with Gasteiger partial charge in [0.15, 0.2) is 10.9 Å². The van der Waals surface area contributed by atoms with Crippen LogP contribution in [0.2, 0.25) is 10.0 Å². The summed E-state index contributed by atoms with van der Waals surface area (Å²) in [6.07, 6.45) is 1.81. The lowest BCUT2D eigenvalue weighted by Gasteiger charge is -2.09. The van der Waals surface area contributed by atoms with Crippen LogP contribution in [0.15, 0.2) is 34.9 Å². The van der Waals surface area contributed by atoms with E-state index in [4.69, 9.17) is 40.2 Å². The second-order valence-corrected chi connectivity index (χ2v) is 9.29. The molecule has 0 spiro atoms. The van der Waals surface area contributed by atoms with Crippen molar-refractivity contribution in [2.45, 2.75) is 13.5 Å². The Kier molecular flexibility index (Phi) is 7.18. The number of hydrogen-bond acceptors (Lipinski definition) is 5. The number of nitrogens with one attached hydrogen (secondary N) is 2. The number of methoxy groups -OCH3 is 1. The van der Waals surface area contributed by atoms with Crippen molar-refractivity contribution in [2.75, 3.05) is 17.7 Å². The topological polar surface area (TPSA) is 68.2 Å². The summed E-state index contributed by atoms with van der Waals surface area (Å²) >= 11 is 22.4. The van der Waals surface area contributed by atoms with E-state index in [2.05, 4.69) is 31.7 Å². The number of benzene rings is 1. The zero-order valence-corrected chi connectivity index (χ0v) is 20.0. The zero-order valence-electron chi connectivity index (χ0n) is 15.3. The van der Waals surface area contributed by atoms with Crippen LogP contribution in [0.4, 0.5) is 10.8 Å². The molecule has 0 fully saturated rings. The summed E-state index contributed by atoms with van der Waals surface area (Å²) in [5, 5.41) is 12.6. The van der Waals surface area contributed by atoms with Gasteiger partial charge in [0.05, 0.1) is 23.7 Å². The van der Waals surface area contributed by atoms with Gasteiger partial charge in [-0.3, -0.25) is 4.68 Å². The first-order valence-electron chi connectivity index (χ1n) is 8.20. The fraction of sp³-hybridized carbons (Fsp3) is 0.167. The number of aryl methyl sites for hydroxylation is 1. The number of carbonyl (C=O) groups excluding carboxylic acids is 1. The zero-order chi connectivity index (χ0) is 21.1. The molecule has 2 N–H and O–H groups in total. The standard InChI is InChI=1S/C18H15BrCl2N4O2S2/c1-9-5-12(17(26)27-2)16(29-9)23-18(28)22-15-13(19)8-25(24-15)7-10-3-4-11(20)6-14(10)21/h3-6,8H,7H2,1-2H3,(H2,22,23,24,28). The minimum absolute atomic E-state index is 0.299. The van der Waals surface area contributed by atoms with Gasteiger partial charge in [0, 0.05) is 21.1 Å². The average Bonchev–Trinajstić information content (AvgIpc) is 3.18. The van der Waals surface area contributed by atoms with Gasteiger partial charge < -0.3 is 15.4 Å². The molecule has 0 unspecified atom stereocenters. The van der Waals surface area contributed by atoms with Crippen molar-refractivity contribution in [2.24, 2.45) is 0 Å². The first-order chi connectivity index (χ1) is 13.8. The Morgan fingerprint density at radius 1 is 1.34 bits per heavy atom. The van der Waals surface area contributed by atoms with Crippen LogP contribution < -0.4 is 10.6 Å². The van der Waals surface area contributed by atoms with Crippen LogP contribution in [0, 0.1) is 6.92 Å². The molecule has 6 nitrogen and oxygen atoms in total. The van der Waals surface area contributed by atoms with Gasteiger partial charge in [-0.15, -0.1) is 11.3 Å². The lowest BCUT2D eigenvalue weighted by molar-refractivity contribution is 0.0602. The van der Waals surface area contributed by atoms with Crippen molar-refractivity contribution in [3.8, 4) is 0 Å². The number of anilines is 2. The lowest BCUT2D eigenvalue weighted by Crippen LogP contribution is -2.20. The summed E-state index contributed by atoms with van der Waals surface area (Å²) < 4.78 is 7.25. The molecule has 29 heavy (non-hydrogen) atoms. The highest BCUT2D eigenvalue weighted by Crippen LogP contribution is 2.29. The van der Waals surface area contributed by atoms with Gasteiger partial charge in [-0.2, -0.15) is 5.10 Å². The Hall–Kier alpha value is -1.65. The molecule has 1 aromatic carbocycles. The minimum atomic E-state index is -0.426. The van der Waals surface area contributed by atoms with E-state index in [9.17, 15) is 4.79 Å². The van der Waals surface area contributed by atoms with Crippen molar-refractivity contribution in [3.63, 3.8) is 0 Å². The van der Waals surface area contributed by atoms with E-state index in [0.29, 0.717) is 38.1 Å². The summed E-state index contributed by atoms with van der Waals surface area (Å²) in [5.41, 5.74) is 1.32. The van der Waals surface area contributed by atoms with Crippen LogP contribution >= 0.6 is 62.7 Å². The predicted molar refractivity (Wildman–Crippen MR) is 126 cm³/mol. The number of aromatic nitrogens is 2. The fourth-order valence-electron chi connectivity index (χ4n) is 2.50. The third-order valence-electron chi connectivity index (χ3n) is 3.78. The maximum atomic E-state index is 11.9. The molecule has 0 saturated carbocycles. The van der Waals surface area contributed by atoms with Gasteiger partial charge in [0.25, 0.3) is 0 Å². The molecule has 0 atom stereocenters. The van der Waals surface area contributed by atoms with Crippen molar-refractivity contribution < 1.29 is 9.53 Å². The summed E-state index contributed by atoms with van der Waals surface area (Å²) in [6, 6.07) is 7.08. The number of hydrogen-bond donors (Lipinski definition) is 2. The number of halogens is 3. The molecule has 0 aliphatic rings. The smallest absolute Gasteiger partial charge is 0.340 e. The third-order valence-corrected chi connectivity index (χ3v) is 6.12. The Balaban J connectivity index is 1.71. The third kappa shape index (κ3) is 5.49. The molecule has 3 aromatic rings. The molecule has 0 aliphatic carbocycles. The SMILES string of the molecule is COC(=O)c1cc(C)sc1NC(=S)Nc1nn(Cc2ccc(Cl)cc2Cl)cc1Br. The van der Waals surface area contributed by atoms with Gasteiger partial charge in [-0.25, -0.2) is 4.79 Å². The van der Waals surface area contributed by atoms with Crippen LogP contribution in [0.5, 0.6) is 0 Å². The van der Waals surface area contributed by atoms with E-state index in [1.807, 2.05) is 19.2 Å². The Morgan fingerprint density at radius 3 is 2.79 bits per heavy atom. The molecule has 0 radical (unpaired) electrons. The van der Waals surface area contributed by atoms with Gasteiger partial charge in [0.1, 0.15) is 5.00 Å². The molecular weight excluding hydrogens is 519 g/mol. The monoisotopic (exact) mass is 532 g/mol. The van der Waals surface area contributed by atoms with E-state index in [-0.39, 0.29) is 0 Å². The summed E-state index contributed by atoms with van der Waals surface area (Å²) in [5.74, 6) is 0.102. The molecule has 152 valence electrons. The van der Waals surface area contributed by atoms with E-state index >= 15 is 0 Å². The van der Waals surface area contributed by atoms with E-state index in [1.165, 1.54) is 18.4 Å². The van der Waals surface area contributed by atoms with Gasteiger partial charge in [-0.1, -0.05) is 29.3 Å². The highest BCUT2D eigenvalue weighted by Gasteiger charge is 2.17. The summed E-state index contributed by atoms with van der Waals surface area (Å²) in [4.78, 5) is 12.9. The highest BCUT2D eigenvalue weighted by molar-refractivity contribution is 9.10. The first-order valence-corrected chi connectivity index (χ1v) is 11.0. The molecule has 2 aromatic heterocycles. The highest BCUT2D eigenvalue weighted by atomic mass is 79.9. The molecule has 0 amide bonds. The molecular formula is C18H15BrCl2N4O2S2. The second kappa shape index (κ2) is 9.44. The van der Waals surface area contributed by atoms with Crippen LogP contribution in [-0.4, -0.2) is 28.0 Å². The Labute approximate surface area is 195 Å². The number of thiocarbonyl (C=S) groups is 1. The summed E-state index contributed by atoms with van der Waals surface area (Å²) in [6.45, 7) is 2.37. The second-order valence-electron chi connectivity index (χ2n) is 5.93. The van der Waals surface area contributed by atoms with Crippen LogP contribution in [-0.2, 0) is 11.3 Å². The van der Waals surface area contributed by atoms with Gasteiger partial charge in [0.2, 0.25) is 0 Å².